The molecule has 2 fully saturated rings. The number of carboxylic acid groups (broad SMARTS) is 1. The number of anilines is 1. The predicted octanol–water partition coefficient (Wildman–Crippen LogP) is 0.551. The van der Waals surface area contributed by atoms with Gasteiger partial charge in [-0.3, -0.25) is 24.5 Å². The second kappa shape index (κ2) is 5.83. The van der Waals surface area contributed by atoms with Crippen molar-refractivity contribution in [3.63, 3.8) is 0 Å². The van der Waals surface area contributed by atoms with Gasteiger partial charge in [-0.15, -0.1) is 0 Å². The summed E-state index contributed by atoms with van der Waals surface area (Å²) in [4.78, 5) is 45.3. The van der Waals surface area contributed by atoms with E-state index in [0.717, 1.165) is 5.56 Å². The first kappa shape index (κ1) is 15.2. The second-order valence-electron chi connectivity index (χ2n) is 5.99. The largest absolute Gasteiger partial charge is 0.481 e. The lowest BCUT2D eigenvalue weighted by molar-refractivity contribution is -0.139. The summed E-state index contributed by atoms with van der Waals surface area (Å²) in [5, 5.41) is 13.8. The zero-order chi connectivity index (χ0) is 16.6. The van der Waals surface area contributed by atoms with Crippen LogP contribution in [0.3, 0.4) is 0 Å². The molecule has 1 aliphatic carbocycles. The van der Waals surface area contributed by atoms with Crippen LogP contribution in [0.2, 0.25) is 0 Å². The molecule has 3 amide bonds. The van der Waals surface area contributed by atoms with Gasteiger partial charge in [0.15, 0.2) is 0 Å². The van der Waals surface area contributed by atoms with Crippen molar-refractivity contribution >= 4 is 29.4 Å². The van der Waals surface area contributed by atoms with E-state index in [0.29, 0.717) is 18.5 Å². The monoisotopic (exact) mass is 316 g/mol. The Morgan fingerprint density at radius 2 is 1.87 bits per heavy atom. The molecule has 3 unspecified atom stereocenters. The molecule has 1 saturated heterocycles. The fraction of sp³-hybridized carbons (Fsp3) is 0.375. The third kappa shape index (κ3) is 3.39. The first-order chi connectivity index (χ1) is 10.9. The van der Waals surface area contributed by atoms with E-state index in [2.05, 4.69) is 10.6 Å². The Morgan fingerprint density at radius 3 is 2.39 bits per heavy atom. The Labute approximate surface area is 132 Å². The van der Waals surface area contributed by atoms with Gasteiger partial charge in [0.2, 0.25) is 17.7 Å². The van der Waals surface area contributed by atoms with Gasteiger partial charge < -0.3 is 10.4 Å². The molecule has 120 valence electrons. The summed E-state index contributed by atoms with van der Waals surface area (Å²) in [7, 11) is 0. The lowest BCUT2D eigenvalue weighted by atomic mass is 9.98. The third-order valence-electron chi connectivity index (χ3n) is 4.21. The Hall–Kier alpha value is -2.70. The van der Waals surface area contributed by atoms with Gasteiger partial charge in [0.05, 0.1) is 17.8 Å². The fourth-order valence-electron chi connectivity index (χ4n) is 2.77. The zero-order valence-electron chi connectivity index (χ0n) is 12.2. The summed E-state index contributed by atoms with van der Waals surface area (Å²) in [5.41, 5.74) is 1.48. The molecule has 3 rings (SSSR count). The van der Waals surface area contributed by atoms with Crippen molar-refractivity contribution < 1.29 is 24.3 Å². The van der Waals surface area contributed by atoms with E-state index in [1.807, 2.05) is 0 Å². The molecule has 1 aromatic rings. The van der Waals surface area contributed by atoms with Gasteiger partial charge in [-0.05, 0) is 30.5 Å². The van der Waals surface area contributed by atoms with Crippen molar-refractivity contribution in [3.05, 3.63) is 29.8 Å². The average molecular weight is 316 g/mol. The Kier molecular flexibility index (Phi) is 3.85. The minimum Gasteiger partial charge on any atom is -0.481 e. The summed E-state index contributed by atoms with van der Waals surface area (Å²) < 4.78 is 0. The van der Waals surface area contributed by atoms with Crippen LogP contribution in [0.15, 0.2) is 24.3 Å². The lowest BCUT2D eigenvalue weighted by Gasteiger charge is -2.08. The van der Waals surface area contributed by atoms with Gasteiger partial charge in [-0.2, -0.15) is 0 Å². The van der Waals surface area contributed by atoms with E-state index in [-0.39, 0.29) is 30.1 Å². The van der Waals surface area contributed by atoms with Crippen LogP contribution in [0.25, 0.3) is 0 Å². The van der Waals surface area contributed by atoms with Crippen LogP contribution in [-0.2, 0) is 25.6 Å². The maximum absolute atomic E-state index is 11.9. The van der Waals surface area contributed by atoms with E-state index in [4.69, 9.17) is 5.11 Å². The number of carbonyl (C=O) groups excluding carboxylic acids is 3. The molecule has 7 nitrogen and oxygen atoms in total. The summed E-state index contributed by atoms with van der Waals surface area (Å²) in [6.45, 7) is 0. The molecule has 1 aliphatic heterocycles. The van der Waals surface area contributed by atoms with Gasteiger partial charge in [-0.1, -0.05) is 12.1 Å². The SMILES string of the molecule is O=C1CC(Cc2ccc(NC(=O)C3CC3C(=O)O)cc2)C(=O)N1. The molecule has 3 atom stereocenters. The van der Waals surface area contributed by atoms with Crippen LogP contribution in [0.1, 0.15) is 18.4 Å². The second-order valence-corrected chi connectivity index (χ2v) is 5.99. The lowest BCUT2D eigenvalue weighted by Crippen LogP contribution is -2.22. The number of nitrogens with one attached hydrogen (secondary N) is 2. The molecule has 0 aromatic heterocycles. The van der Waals surface area contributed by atoms with Crippen LogP contribution in [0.5, 0.6) is 0 Å². The zero-order valence-corrected chi connectivity index (χ0v) is 12.2. The number of benzene rings is 1. The molecule has 1 saturated carbocycles. The molecule has 2 aliphatic rings. The number of amides is 3. The number of hydrogen-bond donors (Lipinski definition) is 3. The Bertz CT molecular complexity index is 682. The first-order valence-corrected chi connectivity index (χ1v) is 7.40. The number of rotatable bonds is 5. The van der Waals surface area contributed by atoms with Crippen LogP contribution in [0, 0.1) is 17.8 Å². The molecule has 23 heavy (non-hydrogen) atoms. The normalized spacial score (nSPS) is 25.8. The topological polar surface area (TPSA) is 113 Å². The van der Waals surface area contributed by atoms with Crippen molar-refractivity contribution in [1.82, 2.24) is 5.32 Å². The standard InChI is InChI=1S/C16H16N2O5/c19-13-6-9(14(20)18-13)5-8-1-3-10(4-2-8)17-15(21)11-7-12(11)16(22)23/h1-4,9,11-12H,5-7H2,(H,17,21)(H,22,23)(H,18,19,20). The van der Waals surface area contributed by atoms with Crippen LogP contribution in [-0.4, -0.2) is 28.8 Å². The van der Waals surface area contributed by atoms with Gasteiger partial charge in [0.1, 0.15) is 0 Å². The van der Waals surface area contributed by atoms with E-state index in [1.54, 1.807) is 24.3 Å². The third-order valence-corrected chi connectivity index (χ3v) is 4.21. The summed E-state index contributed by atoms with van der Waals surface area (Å²) in [6.07, 6.45) is 1.05. The molecule has 0 bridgehead atoms. The molecule has 1 aromatic carbocycles. The number of imide groups is 1. The highest BCUT2D eigenvalue weighted by Crippen LogP contribution is 2.39. The van der Waals surface area contributed by atoms with Crippen molar-refractivity contribution in [1.29, 1.82) is 0 Å². The number of aliphatic carboxylic acids is 1. The number of carbonyl (C=O) groups is 4. The number of carboxylic acids is 1. The maximum atomic E-state index is 11.9. The maximum Gasteiger partial charge on any atom is 0.307 e. The quantitative estimate of drug-likeness (QED) is 0.687. The number of hydrogen-bond acceptors (Lipinski definition) is 4. The van der Waals surface area contributed by atoms with Crippen LogP contribution >= 0.6 is 0 Å². The van der Waals surface area contributed by atoms with Gasteiger partial charge in [-0.25, -0.2) is 0 Å². The van der Waals surface area contributed by atoms with Crippen molar-refractivity contribution in [2.24, 2.45) is 17.8 Å². The van der Waals surface area contributed by atoms with E-state index < -0.39 is 17.8 Å². The molecule has 7 heteroatoms. The molecule has 0 radical (unpaired) electrons. The van der Waals surface area contributed by atoms with Gasteiger partial charge in [0, 0.05) is 12.1 Å². The van der Waals surface area contributed by atoms with E-state index in [1.165, 1.54) is 0 Å². The summed E-state index contributed by atoms with van der Waals surface area (Å²) in [5.74, 6) is -3.10. The van der Waals surface area contributed by atoms with Crippen molar-refractivity contribution in [2.75, 3.05) is 5.32 Å². The molecular weight excluding hydrogens is 300 g/mol. The van der Waals surface area contributed by atoms with Crippen LogP contribution < -0.4 is 10.6 Å². The van der Waals surface area contributed by atoms with Crippen molar-refractivity contribution in [3.8, 4) is 0 Å². The fourth-order valence-corrected chi connectivity index (χ4v) is 2.77. The minimum absolute atomic E-state index is 0.204. The highest BCUT2D eigenvalue weighted by atomic mass is 16.4. The Balaban J connectivity index is 1.55. The molecular formula is C16H16N2O5. The predicted molar refractivity (Wildman–Crippen MR) is 79.3 cm³/mol. The van der Waals surface area contributed by atoms with Gasteiger partial charge in [0.25, 0.3) is 0 Å². The van der Waals surface area contributed by atoms with E-state index in [9.17, 15) is 19.2 Å². The molecule has 0 spiro atoms. The molecule has 1 heterocycles. The van der Waals surface area contributed by atoms with Gasteiger partial charge >= 0.3 is 5.97 Å². The smallest absolute Gasteiger partial charge is 0.307 e. The Morgan fingerprint density at radius 1 is 1.17 bits per heavy atom. The van der Waals surface area contributed by atoms with Crippen molar-refractivity contribution in [2.45, 2.75) is 19.3 Å². The summed E-state index contributed by atoms with van der Waals surface area (Å²) in [6, 6.07) is 6.99. The first-order valence-electron chi connectivity index (χ1n) is 7.40. The van der Waals surface area contributed by atoms with E-state index >= 15 is 0 Å². The average Bonchev–Trinajstić information content (AvgIpc) is 3.23. The summed E-state index contributed by atoms with van der Waals surface area (Å²) >= 11 is 0. The highest BCUT2D eigenvalue weighted by molar-refractivity contribution is 6.03. The highest BCUT2D eigenvalue weighted by Gasteiger charge is 2.48. The molecule has 3 N–H and O–H groups in total. The minimum atomic E-state index is -0.940. The van der Waals surface area contributed by atoms with Crippen LogP contribution in [0.4, 0.5) is 5.69 Å².